The monoisotopic (exact) mass is 324 g/mol. The highest BCUT2D eigenvalue weighted by Crippen LogP contribution is 2.44. The Kier molecular flexibility index (Phi) is 5.29. The minimum absolute atomic E-state index is 0.143. The van der Waals surface area contributed by atoms with Gasteiger partial charge in [-0.15, -0.1) is 0 Å². The second kappa shape index (κ2) is 7.08. The lowest BCUT2D eigenvalue weighted by Crippen LogP contribution is -2.49. The van der Waals surface area contributed by atoms with Crippen LogP contribution in [0.25, 0.3) is 0 Å². The number of hydrogen-bond acceptors (Lipinski definition) is 4. The van der Waals surface area contributed by atoms with Crippen LogP contribution in [0.2, 0.25) is 0 Å². The summed E-state index contributed by atoms with van der Waals surface area (Å²) in [6.07, 6.45) is 5.36. The highest BCUT2D eigenvalue weighted by molar-refractivity contribution is 5.79. The Hall–Kier alpha value is -0.650. The molecule has 2 atom stereocenters. The molecule has 23 heavy (non-hydrogen) atoms. The number of likely N-dealkylation sites (tertiary alicyclic amines) is 2. The van der Waals surface area contributed by atoms with Crippen LogP contribution in [0.15, 0.2) is 0 Å². The maximum atomic E-state index is 12.9. The summed E-state index contributed by atoms with van der Waals surface area (Å²) < 4.78 is 5.13. The maximum Gasteiger partial charge on any atom is 0.225 e. The quantitative estimate of drug-likeness (QED) is 0.829. The number of ether oxygens (including phenoxy) is 1. The number of aliphatic hydroxyl groups is 1. The molecular weight excluding hydrogens is 292 g/mol. The van der Waals surface area contributed by atoms with Gasteiger partial charge in [-0.25, -0.2) is 0 Å². The van der Waals surface area contributed by atoms with E-state index in [0.717, 1.165) is 58.5 Å². The fourth-order valence-corrected chi connectivity index (χ4v) is 4.50. The van der Waals surface area contributed by atoms with Gasteiger partial charge in [0.05, 0.1) is 12.2 Å². The van der Waals surface area contributed by atoms with Crippen molar-refractivity contribution < 1.29 is 14.6 Å². The van der Waals surface area contributed by atoms with Gasteiger partial charge in [0.2, 0.25) is 5.91 Å². The summed E-state index contributed by atoms with van der Waals surface area (Å²) in [5.74, 6) is 1.04. The molecule has 5 nitrogen and oxygen atoms in total. The number of rotatable bonds is 5. The van der Waals surface area contributed by atoms with Gasteiger partial charge in [-0.3, -0.25) is 4.79 Å². The van der Waals surface area contributed by atoms with Gasteiger partial charge < -0.3 is 19.6 Å². The Morgan fingerprint density at radius 2 is 1.96 bits per heavy atom. The third-order valence-corrected chi connectivity index (χ3v) is 6.46. The molecule has 132 valence electrons. The van der Waals surface area contributed by atoms with Crippen LogP contribution < -0.4 is 0 Å². The number of hydrogen-bond donors (Lipinski definition) is 1. The normalized spacial score (nSPS) is 33.9. The number of carbonyl (C=O) groups excluding carboxylic acids is 1. The first kappa shape index (κ1) is 17.2. The van der Waals surface area contributed by atoms with Gasteiger partial charge >= 0.3 is 0 Å². The smallest absolute Gasteiger partial charge is 0.225 e. The van der Waals surface area contributed by atoms with Crippen molar-refractivity contribution in [3.05, 3.63) is 0 Å². The van der Waals surface area contributed by atoms with Crippen molar-refractivity contribution in [1.82, 2.24) is 9.80 Å². The molecule has 1 saturated carbocycles. The summed E-state index contributed by atoms with van der Waals surface area (Å²) in [6.45, 7) is 7.08. The first-order chi connectivity index (χ1) is 11.0. The molecule has 2 unspecified atom stereocenters. The molecule has 3 aliphatic rings. The van der Waals surface area contributed by atoms with E-state index >= 15 is 0 Å². The zero-order valence-electron chi connectivity index (χ0n) is 14.7. The highest BCUT2D eigenvalue weighted by atomic mass is 16.5. The van der Waals surface area contributed by atoms with E-state index in [9.17, 15) is 9.90 Å². The lowest BCUT2D eigenvalue weighted by atomic mass is 9.69. The van der Waals surface area contributed by atoms with Gasteiger partial charge in [0.15, 0.2) is 0 Å². The minimum Gasteiger partial charge on any atom is -0.387 e. The standard InChI is InChI=1S/C18H32N2O3/c1-14-12-20(13-18(14,22)16-4-3-5-16)17(21)15-6-8-19(9-7-15)10-11-23-2/h14-16,22H,3-13H2,1-2H3. The lowest BCUT2D eigenvalue weighted by Gasteiger charge is -2.41. The van der Waals surface area contributed by atoms with E-state index in [4.69, 9.17) is 4.74 Å². The predicted octanol–water partition coefficient (Wildman–Crippen LogP) is 1.35. The van der Waals surface area contributed by atoms with E-state index in [1.165, 1.54) is 6.42 Å². The maximum absolute atomic E-state index is 12.9. The molecule has 0 aromatic heterocycles. The van der Waals surface area contributed by atoms with Crippen LogP contribution >= 0.6 is 0 Å². The lowest BCUT2D eigenvalue weighted by molar-refractivity contribution is -0.138. The Labute approximate surface area is 140 Å². The first-order valence-electron chi connectivity index (χ1n) is 9.27. The molecule has 2 aliphatic heterocycles. The highest BCUT2D eigenvalue weighted by Gasteiger charge is 2.51. The number of carbonyl (C=O) groups is 1. The topological polar surface area (TPSA) is 53.0 Å². The van der Waals surface area contributed by atoms with E-state index < -0.39 is 5.60 Å². The van der Waals surface area contributed by atoms with Crippen molar-refractivity contribution in [1.29, 1.82) is 0 Å². The second-order valence-electron chi connectivity index (χ2n) is 7.85. The molecular formula is C18H32N2O3. The third-order valence-electron chi connectivity index (χ3n) is 6.46. The molecule has 1 N–H and O–H groups in total. The van der Waals surface area contributed by atoms with E-state index in [2.05, 4.69) is 11.8 Å². The number of amides is 1. The van der Waals surface area contributed by atoms with Crippen LogP contribution in [-0.2, 0) is 9.53 Å². The summed E-state index contributed by atoms with van der Waals surface area (Å²) in [4.78, 5) is 17.2. The van der Waals surface area contributed by atoms with Crippen LogP contribution in [0.1, 0.15) is 39.0 Å². The molecule has 1 aliphatic carbocycles. The molecule has 2 saturated heterocycles. The fraction of sp³-hybridized carbons (Fsp3) is 0.944. The van der Waals surface area contributed by atoms with Crippen LogP contribution in [0.5, 0.6) is 0 Å². The summed E-state index contributed by atoms with van der Waals surface area (Å²) in [7, 11) is 1.73. The van der Waals surface area contributed by atoms with E-state index in [-0.39, 0.29) is 17.7 Å². The third kappa shape index (κ3) is 3.42. The van der Waals surface area contributed by atoms with E-state index in [0.29, 0.717) is 12.5 Å². The second-order valence-corrected chi connectivity index (χ2v) is 7.85. The SMILES string of the molecule is COCCN1CCC(C(=O)N2CC(C)C(O)(C3CCC3)C2)CC1. The van der Waals surface area contributed by atoms with Gasteiger partial charge in [0, 0.05) is 38.6 Å². The number of methoxy groups -OCH3 is 1. The molecule has 1 amide bonds. The zero-order valence-corrected chi connectivity index (χ0v) is 14.7. The Balaban J connectivity index is 1.51. The predicted molar refractivity (Wildman–Crippen MR) is 89.1 cm³/mol. The molecule has 0 radical (unpaired) electrons. The molecule has 0 aromatic rings. The Bertz CT molecular complexity index is 418. The summed E-state index contributed by atoms with van der Waals surface area (Å²) >= 11 is 0. The summed E-state index contributed by atoms with van der Waals surface area (Å²) in [5.41, 5.74) is -0.632. The molecule has 0 bridgehead atoms. The summed E-state index contributed by atoms with van der Waals surface area (Å²) in [5, 5.41) is 11.0. The van der Waals surface area contributed by atoms with Gasteiger partial charge in [0.1, 0.15) is 0 Å². The number of piperidine rings is 1. The Morgan fingerprint density at radius 1 is 1.26 bits per heavy atom. The molecule has 0 spiro atoms. The molecule has 2 heterocycles. The van der Waals surface area contributed by atoms with Crippen LogP contribution in [-0.4, -0.2) is 72.9 Å². The van der Waals surface area contributed by atoms with Gasteiger partial charge in [-0.05, 0) is 44.7 Å². The van der Waals surface area contributed by atoms with Crippen molar-refractivity contribution >= 4 is 5.91 Å². The average Bonchev–Trinajstić information content (AvgIpc) is 2.79. The molecule has 5 heteroatoms. The first-order valence-corrected chi connectivity index (χ1v) is 9.27. The molecule has 0 aromatic carbocycles. The largest absolute Gasteiger partial charge is 0.387 e. The van der Waals surface area contributed by atoms with Crippen molar-refractivity contribution in [3.63, 3.8) is 0 Å². The molecule has 3 rings (SSSR count). The van der Waals surface area contributed by atoms with Crippen LogP contribution in [0.3, 0.4) is 0 Å². The Morgan fingerprint density at radius 3 is 2.52 bits per heavy atom. The number of nitrogens with zero attached hydrogens (tertiary/aromatic N) is 2. The zero-order chi connectivity index (χ0) is 16.4. The minimum atomic E-state index is -0.632. The average molecular weight is 324 g/mol. The molecule has 3 fully saturated rings. The van der Waals surface area contributed by atoms with E-state index in [1.54, 1.807) is 7.11 Å². The van der Waals surface area contributed by atoms with Gasteiger partial charge in [-0.2, -0.15) is 0 Å². The van der Waals surface area contributed by atoms with Gasteiger partial charge in [0.25, 0.3) is 0 Å². The number of β-amino-alcohol motifs (C(OH)–C–C–N with tert-alkyl or cyclic N) is 1. The van der Waals surface area contributed by atoms with Gasteiger partial charge in [-0.1, -0.05) is 13.3 Å². The van der Waals surface area contributed by atoms with E-state index in [1.807, 2.05) is 4.90 Å². The van der Waals surface area contributed by atoms with Crippen molar-refractivity contribution in [2.75, 3.05) is 46.4 Å². The van der Waals surface area contributed by atoms with Crippen molar-refractivity contribution in [2.24, 2.45) is 17.8 Å². The van der Waals surface area contributed by atoms with Crippen molar-refractivity contribution in [2.45, 2.75) is 44.6 Å². The summed E-state index contributed by atoms with van der Waals surface area (Å²) in [6, 6.07) is 0. The van der Waals surface area contributed by atoms with Crippen molar-refractivity contribution in [3.8, 4) is 0 Å². The van der Waals surface area contributed by atoms with Crippen LogP contribution in [0, 0.1) is 17.8 Å². The van der Waals surface area contributed by atoms with Crippen LogP contribution in [0.4, 0.5) is 0 Å². The fourth-order valence-electron chi connectivity index (χ4n) is 4.50.